The second-order valence-corrected chi connectivity index (χ2v) is 8.98. The Bertz CT molecular complexity index is 743. The Labute approximate surface area is 164 Å². The lowest BCUT2D eigenvalue weighted by molar-refractivity contribution is -0.140. The third kappa shape index (κ3) is 4.34. The van der Waals surface area contributed by atoms with Crippen molar-refractivity contribution in [3.05, 3.63) is 16.0 Å². The molecule has 1 aromatic rings. The van der Waals surface area contributed by atoms with Gasteiger partial charge in [0.2, 0.25) is 5.91 Å². The van der Waals surface area contributed by atoms with Crippen LogP contribution in [-0.4, -0.2) is 41.4 Å². The fourth-order valence-corrected chi connectivity index (χ4v) is 4.76. The summed E-state index contributed by atoms with van der Waals surface area (Å²) in [7, 11) is 0. The lowest BCUT2D eigenvalue weighted by Crippen LogP contribution is -2.49. The van der Waals surface area contributed by atoms with E-state index in [2.05, 4.69) is 5.32 Å². The molecule has 2 fully saturated rings. The van der Waals surface area contributed by atoms with Crippen LogP contribution in [0.25, 0.3) is 0 Å². The van der Waals surface area contributed by atoms with Crippen LogP contribution in [-0.2, 0) is 14.3 Å². The molecule has 0 bridgehead atoms. The average molecular weight is 393 g/mol. The molecule has 1 saturated carbocycles. The largest absolute Gasteiger partial charge is 0.452 e. The number of carbonyl (C=O) groups is 3. The molecular formula is C20H28N2O4S. The third-order valence-corrected chi connectivity index (χ3v) is 6.71. The highest BCUT2D eigenvalue weighted by molar-refractivity contribution is 7.16. The lowest BCUT2D eigenvalue weighted by Gasteiger charge is -2.38. The summed E-state index contributed by atoms with van der Waals surface area (Å²) >= 11 is 1.38. The first kappa shape index (κ1) is 19.9. The molecular weight excluding hydrogens is 364 g/mol. The number of esters is 1. The molecule has 0 spiro atoms. The Hall–Kier alpha value is -1.89. The van der Waals surface area contributed by atoms with Gasteiger partial charge in [0, 0.05) is 22.9 Å². The summed E-state index contributed by atoms with van der Waals surface area (Å²) in [6.45, 7) is 7.55. The van der Waals surface area contributed by atoms with Crippen molar-refractivity contribution in [3.63, 3.8) is 0 Å². The van der Waals surface area contributed by atoms with Gasteiger partial charge in [-0.2, -0.15) is 0 Å². The third-order valence-electron chi connectivity index (χ3n) is 5.58. The Morgan fingerprint density at radius 3 is 2.33 bits per heavy atom. The van der Waals surface area contributed by atoms with Gasteiger partial charge in [0.15, 0.2) is 6.61 Å². The van der Waals surface area contributed by atoms with E-state index >= 15 is 0 Å². The quantitative estimate of drug-likeness (QED) is 0.776. The van der Waals surface area contributed by atoms with Crippen molar-refractivity contribution in [1.82, 2.24) is 4.90 Å². The fourth-order valence-electron chi connectivity index (χ4n) is 3.71. The Balaban J connectivity index is 1.67. The smallest absolute Gasteiger partial charge is 0.341 e. The number of aryl methyl sites for hydroxylation is 1. The van der Waals surface area contributed by atoms with Crippen molar-refractivity contribution < 1.29 is 19.1 Å². The zero-order chi connectivity index (χ0) is 19.7. The van der Waals surface area contributed by atoms with Gasteiger partial charge in [-0.25, -0.2) is 4.79 Å². The van der Waals surface area contributed by atoms with E-state index in [-0.39, 0.29) is 36.4 Å². The van der Waals surface area contributed by atoms with Gasteiger partial charge in [0.25, 0.3) is 5.91 Å². The monoisotopic (exact) mass is 392 g/mol. The van der Waals surface area contributed by atoms with E-state index in [0.717, 1.165) is 42.5 Å². The summed E-state index contributed by atoms with van der Waals surface area (Å²) in [6.07, 6.45) is 4.86. The second-order valence-electron chi connectivity index (χ2n) is 7.76. The summed E-state index contributed by atoms with van der Waals surface area (Å²) in [4.78, 5) is 40.2. The number of amides is 2. The minimum absolute atomic E-state index is 0.0441. The molecule has 0 unspecified atom stereocenters. The first-order valence-corrected chi connectivity index (χ1v) is 10.5. The molecule has 6 nitrogen and oxygen atoms in total. The van der Waals surface area contributed by atoms with E-state index in [9.17, 15) is 14.4 Å². The molecule has 27 heavy (non-hydrogen) atoms. The van der Waals surface area contributed by atoms with Crippen molar-refractivity contribution >= 4 is 34.1 Å². The Morgan fingerprint density at radius 1 is 1.11 bits per heavy atom. The molecule has 1 aliphatic carbocycles. The van der Waals surface area contributed by atoms with Gasteiger partial charge in [-0.3, -0.25) is 9.59 Å². The van der Waals surface area contributed by atoms with Crippen LogP contribution >= 0.6 is 11.3 Å². The molecule has 2 heterocycles. The first-order valence-electron chi connectivity index (χ1n) is 9.68. The van der Waals surface area contributed by atoms with Crippen molar-refractivity contribution in [3.8, 4) is 0 Å². The van der Waals surface area contributed by atoms with Crippen molar-refractivity contribution in [2.45, 2.75) is 71.9 Å². The number of ether oxygens (including phenoxy) is 1. The summed E-state index contributed by atoms with van der Waals surface area (Å²) in [5.74, 6) is -0.692. The molecule has 2 amide bonds. The van der Waals surface area contributed by atoms with E-state index in [0.29, 0.717) is 10.6 Å². The predicted octanol–water partition coefficient (Wildman–Crippen LogP) is 3.66. The van der Waals surface area contributed by atoms with Gasteiger partial charge in [-0.15, -0.1) is 11.3 Å². The van der Waals surface area contributed by atoms with Crippen LogP contribution in [0.2, 0.25) is 0 Å². The molecule has 1 aromatic heterocycles. The van der Waals surface area contributed by atoms with Crippen LogP contribution in [0.4, 0.5) is 5.00 Å². The number of carbonyl (C=O) groups excluding carboxylic acids is 3. The number of anilines is 1. The number of rotatable bonds is 5. The molecule has 3 rings (SSSR count). The molecule has 7 heteroatoms. The number of likely N-dealkylation sites (tertiary alicyclic amines) is 1. The number of nitrogens with zero attached hydrogens (tertiary/aromatic N) is 1. The van der Waals surface area contributed by atoms with Crippen LogP contribution < -0.4 is 5.32 Å². The van der Waals surface area contributed by atoms with Gasteiger partial charge in [0.05, 0.1) is 5.56 Å². The second kappa shape index (κ2) is 8.00. The van der Waals surface area contributed by atoms with Gasteiger partial charge in [0.1, 0.15) is 5.00 Å². The number of piperidine rings is 1. The number of nitrogens with one attached hydrogen (secondary N) is 1. The SMILES string of the molecule is Cc1sc(NC(=O)C2CC2)c(C(=O)OCC(=O)N2[C@H](C)CCC[C@@H]2C)c1C. The lowest BCUT2D eigenvalue weighted by atomic mass is 9.97. The van der Waals surface area contributed by atoms with Crippen LogP contribution in [0.3, 0.4) is 0 Å². The maximum Gasteiger partial charge on any atom is 0.341 e. The van der Waals surface area contributed by atoms with Crippen LogP contribution in [0, 0.1) is 19.8 Å². The van der Waals surface area contributed by atoms with Gasteiger partial charge in [-0.05, 0) is 65.4 Å². The van der Waals surface area contributed by atoms with E-state index in [4.69, 9.17) is 4.74 Å². The molecule has 1 saturated heterocycles. The van der Waals surface area contributed by atoms with Crippen molar-refractivity contribution in [2.24, 2.45) is 5.92 Å². The zero-order valence-corrected chi connectivity index (χ0v) is 17.3. The zero-order valence-electron chi connectivity index (χ0n) is 16.5. The number of thiophene rings is 1. The van der Waals surface area contributed by atoms with Crippen LogP contribution in [0.1, 0.15) is 66.8 Å². The minimum atomic E-state index is -0.548. The number of hydrogen-bond donors (Lipinski definition) is 1. The molecule has 2 atom stereocenters. The van der Waals surface area contributed by atoms with E-state index in [1.165, 1.54) is 11.3 Å². The topological polar surface area (TPSA) is 75.7 Å². The fraction of sp³-hybridized carbons (Fsp3) is 0.650. The summed E-state index contributed by atoms with van der Waals surface area (Å²) in [6, 6.07) is 0.331. The maximum absolute atomic E-state index is 12.7. The standard InChI is InChI=1S/C20H28N2O4S/c1-11-6-5-7-12(2)22(11)16(23)10-26-20(25)17-13(3)14(4)27-19(17)21-18(24)15-8-9-15/h11-12,15H,5-10H2,1-4H3,(H,21,24)/t11-,12+. The highest BCUT2D eigenvalue weighted by Gasteiger charge is 2.33. The van der Waals surface area contributed by atoms with Crippen molar-refractivity contribution in [1.29, 1.82) is 0 Å². The molecule has 0 aromatic carbocycles. The predicted molar refractivity (Wildman–Crippen MR) is 105 cm³/mol. The summed E-state index contributed by atoms with van der Waals surface area (Å²) in [5, 5.41) is 3.39. The highest BCUT2D eigenvalue weighted by Crippen LogP contribution is 2.36. The average Bonchev–Trinajstić information content (AvgIpc) is 3.41. The molecule has 0 radical (unpaired) electrons. The molecule has 1 aliphatic heterocycles. The van der Waals surface area contributed by atoms with Crippen molar-refractivity contribution in [2.75, 3.05) is 11.9 Å². The van der Waals surface area contributed by atoms with E-state index in [1.807, 2.05) is 32.6 Å². The normalized spacial score (nSPS) is 22.4. The van der Waals surface area contributed by atoms with Gasteiger partial charge >= 0.3 is 5.97 Å². The Kier molecular flexibility index (Phi) is 5.89. The van der Waals surface area contributed by atoms with Crippen LogP contribution in [0.15, 0.2) is 0 Å². The highest BCUT2D eigenvalue weighted by atomic mass is 32.1. The Morgan fingerprint density at radius 2 is 1.74 bits per heavy atom. The summed E-state index contributed by atoms with van der Waals surface area (Å²) < 4.78 is 5.36. The summed E-state index contributed by atoms with van der Waals surface area (Å²) in [5.41, 5.74) is 1.17. The minimum Gasteiger partial charge on any atom is -0.452 e. The van der Waals surface area contributed by atoms with E-state index in [1.54, 1.807) is 0 Å². The maximum atomic E-state index is 12.7. The van der Waals surface area contributed by atoms with Gasteiger partial charge in [-0.1, -0.05) is 0 Å². The number of hydrogen-bond acceptors (Lipinski definition) is 5. The first-order chi connectivity index (χ1) is 12.8. The van der Waals surface area contributed by atoms with E-state index < -0.39 is 5.97 Å². The van der Waals surface area contributed by atoms with Crippen LogP contribution in [0.5, 0.6) is 0 Å². The van der Waals surface area contributed by atoms with Gasteiger partial charge < -0.3 is 15.0 Å². The molecule has 148 valence electrons. The molecule has 2 aliphatic rings. The molecule has 1 N–H and O–H groups in total.